The fourth-order valence-electron chi connectivity index (χ4n) is 11.6. The summed E-state index contributed by atoms with van der Waals surface area (Å²) in [5.41, 5.74) is 0. The van der Waals surface area contributed by atoms with Crippen molar-refractivity contribution in [2.45, 2.75) is 413 Å². The lowest BCUT2D eigenvalue weighted by Gasteiger charge is -2.21. The van der Waals surface area contributed by atoms with Gasteiger partial charge in [0.25, 0.3) is 0 Å². The summed E-state index contributed by atoms with van der Waals surface area (Å²) in [5, 5.41) is 10.6. The third kappa shape index (κ3) is 67.6. The molecule has 0 radical (unpaired) electrons. The molecule has 95 heavy (non-hydrogen) atoms. The molecule has 0 heterocycles. The number of phosphoric ester groups is 2. The van der Waals surface area contributed by atoms with Gasteiger partial charge >= 0.3 is 39.5 Å². The van der Waals surface area contributed by atoms with Crippen molar-refractivity contribution in [3.05, 3.63) is 0 Å². The van der Waals surface area contributed by atoms with Gasteiger partial charge in [-0.2, -0.15) is 0 Å². The van der Waals surface area contributed by atoms with Crippen LogP contribution >= 0.6 is 15.6 Å². The van der Waals surface area contributed by atoms with Crippen LogP contribution in [0.5, 0.6) is 0 Å². The van der Waals surface area contributed by atoms with Gasteiger partial charge in [-0.15, -0.1) is 0 Å². The first-order chi connectivity index (χ1) is 45.9. The highest BCUT2D eigenvalue weighted by Crippen LogP contribution is 2.45. The number of hydrogen-bond acceptors (Lipinski definition) is 15. The summed E-state index contributed by atoms with van der Waals surface area (Å²) in [6, 6.07) is 0. The Morgan fingerprint density at radius 3 is 0.747 bits per heavy atom. The average Bonchev–Trinajstić information content (AvgIpc) is 1.60. The number of unbranched alkanes of at least 4 members (excludes halogenated alkanes) is 43. The smallest absolute Gasteiger partial charge is 0.462 e. The largest absolute Gasteiger partial charge is 0.472 e. The van der Waals surface area contributed by atoms with Crippen LogP contribution in [0.2, 0.25) is 0 Å². The molecule has 0 bridgehead atoms. The molecule has 0 rings (SSSR count). The van der Waals surface area contributed by atoms with Crippen LogP contribution in [0, 0.1) is 11.8 Å². The molecule has 0 aliphatic rings. The second kappa shape index (κ2) is 67.9. The topological polar surface area (TPSA) is 237 Å². The molecule has 0 fully saturated rings. The van der Waals surface area contributed by atoms with E-state index in [2.05, 4.69) is 41.5 Å². The number of aliphatic hydroxyl groups is 1. The molecule has 0 aromatic heterocycles. The highest BCUT2D eigenvalue weighted by atomic mass is 31.2. The third-order valence-electron chi connectivity index (χ3n) is 18.4. The van der Waals surface area contributed by atoms with Gasteiger partial charge in [-0.05, 0) is 37.5 Å². The van der Waals surface area contributed by atoms with Crippen LogP contribution < -0.4 is 0 Å². The SMILES string of the molecule is CCCCCCCCCCCCCCCCCCCCC(=O)O[C@H](COC(=O)CCCCCCCCCCCCCCC)COP(=O)(O)OC[C@@H](O)COP(=O)(O)OC[C@@H](COC(=O)CCCCCCCCCCC(C)CC)OC(=O)CCCCCCCCCCC(C)CC. The molecule has 0 saturated carbocycles. The number of aliphatic hydroxyl groups excluding tert-OH is 1. The predicted octanol–water partition coefficient (Wildman–Crippen LogP) is 22.3. The highest BCUT2D eigenvalue weighted by molar-refractivity contribution is 7.47. The zero-order chi connectivity index (χ0) is 70.0. The first-order valence-electron chi connectivity index (χ1n) is 39.6. The lowest BCUT2D eigenvalue weighted by atomic mass is 9.99. The minimum Gasteiger partial charge on any atom is -0.462 e. The second-order valence-corrected chi connectivity index (χ2v) is 30.8. The Morgan fingerprint density at radius 2 is 0.505 bits per heavy atom. The van der Waals surface area contributed by atoms with Crippen molar-refractivity contribution in [3.63, 3.8) is 0 Å². The van der Waals surface area contributed by atoms with E-state index >= 15 is 0 Å². The first kappa shape index (κ1) is 93.1. The Bertz CT molecular complexity index is 1840. The Morgan fingerprint density at radius 1 is 0.295 bits per heavy atom. The third-order valence-corrected chi connectivity index (χ3v) is 20.3. The van der Waals surface area contributed by atoms with E-state index in [9.17, 15) is 43.2 Å². The van der Waals surface area contributed by atoms with E-state index in [-0.39, 0.29) is 25.7 Å². The maximum absolute atomic E-state index is 13.1. The van der Waals surface area contributed by atoms with Gasteiger partial charge in [-0.25, -0.2) is 9.13 Å². The molecule has 0 aromatic carbocycles. The van der Waals surface area contributed by atoms with E-state index in [1.165, 1.54) is 212 Å². The van der Waals surface area contributed by atoms with Gasteiger partial charge in [0, 0.05) is 25.7 Å². The van der Waals surface area contributed by atoms with E-state index in [0.717, 1.165) is 102 Å². The molecule has 0 aliphatic carbocycles. The molecular formula is C76H148O17P2. The molecule has 0 amide bonds. The molecule has 7 atom stereocenters. The summed E-state index contributed by atoms with van der Waals surface area (Å²) in [5.74, 6) is -0.569. The van der Waals surface area contributed by atoms with Crippen molar-refractivity contribution in [1.82, 2.24) is 0 Å². The number of carbonyl (C=O) groups excluding carboxylic acids is 4. The number of esters is 4. The molecule has 3 N–H and O–H groups in total. The highest BCUT2D eigenvalue weighted by Gasteiger charge is 2.30. The molecule has 0 aliphatic heterocycles. The van der Waals surface area contributed by atoms with Crippen molar-refractivity contribution in [3.8, 4) is 0 Å². The number of ether oxygens (including phenoxy) is 4. The van der Waals surface area contributed by atoms with Gasteiger partial charge in [0.1, 0.15) is 19.3 Å². The van der Waals surface area contributed by atoms with Gasteiger partial charge in [0.05, 0.1) is 26.4 Å². The minimum absolute atomic E-state index is 0.105. The van der Waals surface area contributed by atoms with Crippen LogP contribution in [0.3, 0.4) is 0 Å². The first-order valence-corrected chi connectivity index (χ1v) is 42.6. The zero-order valence-corrected chi connectivity index (χ0v) is 63.8. The van der Waals surface area contributed by atoms with E-state index < -0.39 is 97.5 Å². The average molecular weight is 1400 g/mol. The quantitative estimate of drug-likeness (QED) is 0.0222. The summed E-state index contributed by atoms with van der Waals surface area (Å²) in [7, 11) is -9.91. The van der Waals surface area contributed by atoms with Gasteiger partial charge in [-0.1, -0.05) is 343 Å². The summed E-state index contributed by atoms with van der Waals surface area (Å²) in [4.78, 5) is 72.8. The number of rotatable bonds is 75. The van der Waals surface area contributed by atoms with Gasteiger partial charge in [-0.3, -0.25) is 37.3 Å². The monoisotopic (exact) mass is 1400 g/mol. The molecule has 0 spiro atoms. The predicted molar refractivity (Wildman–Crippen MR) is 386 cm³/mol. The molecule has 17 nitrogen and oxygen atoms in total. The number of hydrogen-bond donors (Lipinski definition) is 3. The molecular weight excluding hydrogens is 1250 g/mol. The molecule has 0 aromatic rings. The molecule has 0 saturated heterocycles. The summed E-state index contributed by atoms with van der Waals surface area (Å²) >= 11 is 0. The normalized spacial score (nSPS) is 14.6. The summed E-state index contributed by atoms with van der Waals surface area (Å²) in [6.07, 6.45) is 55.3. The second-order valence-electron chi connectivity index (χ2n) is 27.9. The summed E-state index contributed by atoms with van der Waals surface area (Å²) < 4.78 is 68.6. The Hall–Kier alpha value is -1.94. The van der Waals surface area contributed by atoms with Crippen LogP contribution in [0.4, 0.5) is 0 Å². The van der Waals surface area contributed by atoms with Gasteiger partial charge < -0.3 is 33.8 Å². The lowest BCUT2D eigenvalue weighted by molar-refractivity contribution is -0.161. The van der Waals surface area contributed by atoms with E-state index in [0.29, 0.717) is 25.7 Å². The maximum Gasteiger partial charge on any atom is 0.472 e. The molecule has 19 heteroatoms. The van der Waals surface area contributed by atoms with Crippen molar-refractivity contribution in [1.29, 1.82) is 0 Å². The van der Waals surface area contributed by atoms with E-state index in [1.807, 2.05) is 0 Å². The van der Waals surface area contributed by atoms with Crippen LogP contribution in [0.1, 0.15) is 395 Å². The summed E-state index contributed by atoms with van der Waals surface area (Å²) in [6.45, 7) is 9.60. The van der Waals surface area contributed by atoms with Gasteiger partial charge in [0.15, 0.2) is 12.2 Å². The Balaban J connectivity index is 5.25. The fraction of sp³-hybridized carbons (Fsp3) is 0.947. The van der Waals surface area contributed by atoms with Crippen molar-refractivity contribution < 1.29 is 80.2 Å². The lowest BCUT2D eigenvalue weighted by Crippen LogP contribution is -2.30. The van der Waals surface area contributed by atoms with Crippen molar-refractivity contribution in [2.24, 2.45) is 11.8 Å². The minimum atomic E-state index is -4.96. The number of carbonyl (C=O) groups is 4. The van der Waals surface area contributed by atoms with Crippen molar-refractivity contribution >= 4 is 39.5 Å². The van der Waals surface area contributed by atoms with E-state index in [4.69, 9.17) is 37.0 Å². The van der Waals surface area contributed by atoms with Crippen molar-refractivity contribution in [2.75, 3.05) is 39.6 Å². The van der Waals surface area contributed by atoms with E-state index in [1.54, 1.807) is 0 Å². The fourth-order valence-corrected chi connectivity index (χ4v) is 13.2. The molecule has 564 valence electrons. The molecule has 4 unspecified atom stereocenters. The van der Waals surface area contributed by atoms with Crippen LogP contribution in [-0.4, -0.2) is 96.7 Å². The van der Waals surface area contributed by atoms with Crippen LogP contribution in [0.15, 0.2) is 0 Å². The van der Waals surface area contributed by atoms with Crippen LogP contribution in [0.25, 0.3) is 0 Å². The van der Waals surface area contributed by atoms with Gasteiger partial charge in [0.2, 0.25) is 0 Å². The van der Waals surface area contributed by atoms with Crippen LogP contribution in [-0.2, 0) is 65.4 Å². The zero-order valence-electron chi connectivity index (χ0n) is 62.0. The maximum atomic E-state index is 13.1. The Kier molecular flexibility index (Phi) is 66.5. The standard InChI is InChI=1S/C76H148O17P2/c1-7-11-13-15-17-19-21-23-24-25-26-27-29-31-33-42-48-54-60-75(80)92-71(64-86-73(78)58-52-46-40-32-30-28-22-20-18-16-14-12-8-2)66-90-94(82,83)88-62-70(77)63-89-95(84,85)91-67-72(93-76(81)61-55-49-43-37-35-39-45-51-57-69(6)10-4)65-87-74(79)59-53-47-41-36-34-38-44-50-56-68(5)9-3/h68-72,77H,7-67H2,1-6H3,(H,82,83)(H,84,85)/t68?,69?,70-,71-,72-/m1/s1. The number of phosphoric acid groups is 2. The Labute approximate surface area is 581 Å².